The van der Waals surface area contributed by atoms with Crippen LogP contribution < -0.4 is 10.1 Å². The van der Waals surface area contributed by atoms with E-state index in [9.17, 15) is 4.79 Å². The van der Waals surface area contributed by atoms with E-state index < -0.39 is 5.97 Å². The van der Waals surface area contributed by atoms with E-state index in [1.54, 1.807) is 18.3 Å². The molecular formula is C14H16N2O4. The van der Waals surface area contributed by atoms with Crippen molar-refractivity contribution in [2.45, 2.75) is 13.5 Å². The van der Waals surface area contributed by atoms with Gasteiger partial charge in [0.1, 0.15) is 0 Å². The first kappa shape index (κ1) is 13.9. The maximum absolute atomic E-state index is 11.5. The topological polar surface area (TPSA) is 73.6 Å². The summed E-state index contributed by atoms with van der Waals surface area (Å²) in [5, 5.41) is 3.16. The Morgan fingerprint density at radius 2 is 2.30 bits per heavy atom. The van der Waals surface area contributed by atoms with Crippen molar-refractivity contribution in [3.63, 3.8) is 0 Å². The van der Waals surface area contributed by atoms with Crippen LogP contribution in [0, 0.1) is 0 Å². The number of pyridine rings is 1. The average Bonchev–Trinajstić information content (AvgIpc) is 2.94. The van der Waals surface area contributed by atoms with Crippen LogP contribution in [0.15, 0.2) is 35.1 Å². The van der Waals surface area contributed by atoms with Crippen LogP contribution in [0.1, 0.15) is 23.0 Å². The minimum atomic E-state index is -0.497. The van der Waals surface area contributed by atoms with Gasteiger partial charge in [0.15, 0.2) is 0 Å². The molecule has 0 amide bonds. The van der Waals surface area contributed by atoms with Crippen molar-refractivity contribution in [3.05, 3.63) is 42.0 Å². The minimum absolute atomic E-state index is 0.196. The zero-order valence-electron chi connectivity index (χ0n) is 11.4. The number of carbonyl (C=O) groups is 1. The summed E-state index contributed by atoms with van der Waals surface area (Å²) in [6.07, 6.45) is 3.11. The zero-order valence-corrected chi connectivity index (χ0v) is 11.4. The van der Waals surface area contributed by atoms with Gasteiger partial charge in [-0.2, -0.15) is 0 Å². The third kappa shape index (κ3) is 3.09. The highest BCUT2D eigenvalue weighted by molar-refractivity contribution is 5.87. The number of aromatic nitrogens is 1. The molecule has 0 bridgehead atoms. The number of furan rings is 1. The normalized spacial score (nSPS) is 10.1. The third-order valence-electron chi connectivity index (χ3n) is 2.64. The maximum Gasteiger partial charge on any atom is 0.374 e. The van der Waals surface area contributed by atoms with Gasteiger partial charge >= 0.3 is 5.97 Å². The van der Waals surface area contributed by atoms with Gasteiger partial charge in [-0.1, -0.05) is 0 Å². The lowest BCUT2D eigenvalue weighted by molar-refractivity contribution is 0.0563. The predicted octanol–water partition coefficient (Wildman–Crippen LogP) is 2.47. The molecule has 20 heavy (non-hydrogen) atoms. The van der Waals surface area contributed by atoms with Crippen molar-refractivity contribution in [1.29, 1.82) is 0 Å². The van der Waals surface area contributed by atoms with Gasteiger partial charge in [-0.3, -0.25) is 0 Å². The molecule has 0 fully saturated rings. The summed E-state index contributed by atoms with van der Waals surface area (Å²) in [7, 11) is 1.32. The summed E-state index contributed by atoms with van der Waals surface area (Å²) < 4.78 is 15.2. The van der Waals surface area contributed by atoms with Crippen LogP contribution in [-0.4, -0.2) is 24.7 Å². The summed E-state index contributed by atoms with van der Waals surface area (Å²) in [4.78, 5) is 15.6. The number of methoxy groups -OCH3 is 1. The van der Waals surface area contributed by atoms with Crippen LogP contribution >= 0.6 is 0 Å². The van der Waals surface area contributed by atoms with Crippen LogP contribution in [0.25, 0.3) is 0 Å². The van der Waals surface area contributed by atoms with Gasteiger partial charge in [0.05, 0.1) is 25.7 Å². The van der Waals surface area contributed by atoms with Crippen molar-refractivity contribution < 1.29 is 18.7 Å². The molecule has 0 aliphatic rings. The largest absolute Gasteiger partial charge is 0.476 e. The molecule has 0 saturated carbocycles. The highest BCUT2D eigenvalue weighted by Crippen LogP contribution is 2.22. The van der Waals surface area contributed by atoms with Crippen molar-refractivity contribution in [3.8, 4) is 5.88 Å². The fourth-order valence-corrected chi connectivity index (χ4v) is 1.71. The highest BCUT2D eigenvalue weighted by atomic mass is 16.5. The molecule has 2 rings (SSSR count). The van der Waals surface area contributed by atoms with Crippen molar-refractivity contribution in [2.24, 2.45) is 0 Å². The molecule has 0 radical (unpaired) electrons. The number of nitrogens with one attached hydrogen (secondary N) is 1. The number of rotatable bonds is 6. The number of nitrogens with zero attached hydrogens (tertiary/aromatic N) is 1. The fraction of sp³-hybridized carbons (Fsp3) is 0.286. The van der Waals surface area contributed by atoms with E-state index in [2.05, 4.69) is 15.0 Å². The quantitative estimate of drug-likeness (QED) is 0.817. The Morgan fingerprint density at radius 1 is 1.45 bits per heavy atom. The Kier molecular flexibility index (Phi) is 4.60. The molecule has 6 nitrogen and oxygen atoms in total. The Hall–Kier alpha value is -2.50. The monoisotopic (exact) mass is 276 g/mol. The Morgan fingerprint density at radius 3 is 3.05 bits per heavy atom. The average molecular weight is 276 g/mol. The maximum atomic E-state index is 11.5. The van der Waals surface area contributed by atoms with Crippen LogP contribution in [-0.2, 0) is 11.3 Å². The van der Waals surface area contributed by atoms with Crippen molar-refractivity contribution in [2.75, 3.05) is 19.0 Å². The lowest BCUT2D eigenvalue weighted by Gasteiger charge is -2.10. The molecule has 0 spiro atoms. The van der Waals surface area contributed by atoms with E-state index in [4.69, 9.17) is 9.15 Å². The molecule has 0 aliphatic heterocycles. The number of hydrogen-bond acceptors (Lipinski definition) is 6. The second-order valence-electron chi connectivity index (χ2n) is 3.91. The van der Waals surface area contributed by atoms with E-state index in [0.29, 0.717) is 24.6 Å². The van der Waals surface area contributed by atoms with Crippen LogP contribution in [0.2, 0.25) is 0 Å². The number of carbonyl (C=O) groups excluding carboxylic acids is 1. The lowest BCUT2D eigenvalue weighted by atomic mass is 10.2. The molecule has 106 valence electrons. The first-order chi connectivity index (χ1) is 9.76. The van der Waals surface area contributed by atoms with E-state index in [1.807, 2.05) is 13.0 Å². The first-order valence-electron chi connectivity index (χ1n) is 6.22. The second kappa shape index (κ2) is 6.60. The summed E-state index contributed by atoms with van der Waals surface area (Å²) in [5.41, 5.74) is 1.47. The number of esters is 1. The van der Waals surface area contributed by atoms with Crippen LogP contribution in [0.4, 0.5) is 5.69 Å². The molecular weight excluding hydrogens is 260 g/mol. The molecule has 0 aliphatic carbocycles. The van der Waals surface area contributed by atoms with Crippen molar-refractivity contribution >= 4 is 11.7 Å². The SMILES string of the molecule is CCOc1ncccc1NCc1ccoc1C(=O)OC. The predicted molar refractivity (Wildman–Crippen MR) is 72.8 cm³/mol. The molecule has 1 N–H and O–H groups in total. The molecule has 2 aromatic heterocycles. The van der Waals surface area contributed by atoms with E-state index in [-0.39, 0.29) is 5.76 Å². The Balaban J connectivity index is 2.09. The van der Waals surface area contributed by atoms with Crippen LogP contribution in [0.3, 0.4) is 0 Å². The van der Waals surface area contributed by atoms with E-state index >= 15 is 0 Å². The molecule has 2 aromatic rings. The highest BCUT2D eigenvalue weighted by Gasteiger charge is 2.16. The third-order valence-corrected chi connectivity index (χ3v) is 2.64. The van der Waals surface area contributed by atoms with Gasteiger partial charge in [0.25, 0.3) is 0 Å². The van der Waals surface area contributed by atoms with Gasteiger partial charge in [-0.25, -0.2) is 9.78 Å². The summed E-state index contributed by atoms with van der Waals surface area (Å²) >= 11 is 0. The minimum Gasteiger partial charge on any atom is -0.476 e. The fourth-order valence-electron chi connectivity index (χ4n) is 1.71. The first-order valence-corrected chi connectivity index (χ1v) is 6.22. The number of hydrogen-bond donors (Lipinski definition) is 1. The van der Waals surface area contributed by atoms with Crippen molar-refractivity contribution in [1.82, 2.24) is 4.98 Å². The van der Waals surface area contributed by atoms with Crippen LogP contribution in [0.5, 0.6) is 5.88 Å². The lowest BCUT2D eigenvalue weighted by Crippen LogP contribution is -2.08. The Labute approximate surface area is 116 Å². The van der Waals surface area contributed by atoms with E-state index in [1.165, 1.54) is 13.4 Å². The van der Waals surface area contributed by atoms with Gasteiger partial charge in [0.2, 0.25) is 11.6 Å². The van der Waals surface area contributed by atoms with Gasteiger partial charge < -0.3 is 19.2 Å². The summed E-state index contributed by atoms with van der Waals surface area (Å²) in [5.74, 6) is 0.225. The van der Waals surface area contributed by atoms with Gasteiger partial charge in [0, 0.05) is 18.3 Å². The number of ether oxygens (including phenoxy) is 2. The summed E-state index contributed by atoms with van der Waals surface area (Å²) in [6, 6.07) is 5.38. The second-order valence-corrected chi connectivity index (χ2v) is 3.91. The van der Waals surface area contributed by atoms with Gasteiger partial charge in [-0.15, -0.1) is 0 Å². The number of anilines is 1. The van der Waals surface area contributed by atoms with Gasteiger partial charge in [-0.05, 0) is 25.1 Å². The molecule has 2 heterocycles. The molecule has 6 heteroatoms. The molecule has 0 aromatic carbocycles. The Bertz CT molecular complexity index is 580. The van der Waals surface area contributed by atoms with E-state index in [0.717, 1.165) is 5.69 Å². The molecule has 0 saturated heterocycles. The smallest absolute Gasteiger partial charge is 0.374 e. The zero-order chi connectivity index (χ0) is 14.4. The molecule has 0 atom stereocenters. The standard InChI is InChI=1S/C14H16N2O4/c1-3-19-13-11(5-4-7-15-13)16-9-10-6-8-20-12(10)14(17)18-2/h4-8,16H,3,9H2,1-2H3. The summed E-state index contributed by atoms with van der Waals surface area (Å²) in [6.45, 7) is 2.83. The molecule has 0 unspecified atom stereocenters.